The van der Waals surface area contributed by atoms with Crippen molar-refractivity contribution in [3.63, 3.8) is 0 Å². The SMILES string of the molecule is O=S(=O)(CCC1CCCCN1)NC1CCCC1. The Bertz CT molecular complexity index is 317. The quantitative estimate of drug-likeness (QED) is 0.785. The third-order valence-electron chi connectivity index (χ3n) is 3.85. The molecule has 0 spiro atoms. The Kier molecular flexibility index (Phi) is 4.82. The molecule has 5 heteroatoms. The minimum Gasteiger partial charge on any atom is -0.314 e. The first-order valence-corrected chi connectivity index (χ1v) is 8.54. The maximum atomic E-state index is 11.9. The van der Waals surface area contributed by atoms with E-state index in [9.17, 15) is 8.42 Å². The predicted molar refractivity (Wildman–Crippen MR) is 69.4 cm³/mol. The fourth-order valence-corrected chi connectivity index (χ4v) is 4.28. The van der Waals surface area contributed by atoms with Crippen LogP contribution in [0.2, 0.25) is 0 Å². The fourth-order valence-electron chi connectivity index (χ4n) is 2.82. The molecule has 0 bridgehead atoms. The summed E-state index contributed by atoms with van der Waals surface area (Å²) in [5.41, 5.74) is 0. The third-order valence-corrected chi connectivity index (χ3v) is 5.31. The van der Waals surface area contributed by atoms with Gasteiger partial charge in [0.25, 0.3) is 0 Å². The molecule has 1 saturated carbocycles. The monoisotopic (exact) mass is 260 g/mol. The zero-order valence-corrected chi connectivity index (χ0v) is 11.3. The highest BCUT2D eigenvalue weighted by Crippen LogP contribution is 2.19. The van der Waals surface area contributed by atoms with Crippen LogP contribution >= 0.6 is 0 Å². The van der Waals surface area contributed by atoms with Crippen molar-refractivity contribution in [1.82, 2.24) is 10.0 Å². The molecule has 4 nitrogen and oxygen atoms in total. The van der Waals surface area contributed by atoms with Crippen molar-refractivity contribution in [2.24, 2.45) is 0 Å². The second kappa shape index (κ2) is 6.16. The number of hydrogen-bond donors (Lipinski definition) is 2. The van der Waals surface area contributed by atoms with E-state index in [1.54, 1.807) is 0 Å². The molecular formula is C12H24N2O2S. The van der Waals surface area contributed by atoms with E-state index < -0.39 is 10.0 Å². The minimum atomic E-state index is -3.05. The van der Waals surface area contributed by atoms with Crippen molar-refractivity contribution in [1.29, 1.82) is 0 Å². The van der Waals surface area contributed by atoms with Gasteiger partial charge in [-0.1, -0.05) is 19.3 Å². The van der Waals surface area contributed by atoms with Gasteiger partial charge in [-0.3, -0.25) is 0 Å². The summed E-state index contributed by atoms with van der Waals surface area (Å²) >= 11 is 0. The second-order valence-corrected chi connectivity index (χ2v) is 7.23. The van der Waals surface area contributed by atoms with Crippen LogP contribution in [0.1, 0.15) is 51.4 Å². The van der Waals surface area contributed by atoms with Crippen molar-refractivity contribution in [2.75, 3.05) is 12.3 Å². The maximum absolute atomic E-state index is 11.9. The standard InChI is InChI=1S/C12H24N2O2S/c15-17(16,14-12-6-1-2-7-12)10-8-11-5-3-4-9-13-11/h11-14H,1-10H2. The zero-order valence-electron chi connectivity index (χ0n) is 10.5. The highest BCUT2D eigenvalue weighted by molar-refractivity contribution is 7.89. The lowest BCUT2D eigenvalue weighted by Crippen LogP contribution is -2.39. The van der Waals surface area contributed by atoms with Gasteiger partial charge in [0.2, 0.25) is 10.0 Å². The highest BCUT2D eigenvalue weighted by atomic mass is 32.2. The molecule has 1 heterocycles. The average molecular weight is 260 g/mol. The third kappa shape index (κ3) is 4.56. The summed E-state index contributed by atoms with van der Waals surface area (Å²) in [6, 6.07) is 0.614. The van der Waals surface area contributed by atoms with Crippen molar-refractivity contribution < 1.29 is 8.42 Å². The van der Waals surface area contributed by atoms with Gasteiger partial charge in [0, 0.05) is 12.1 Å². The fraction of sp³-hybridized carbons (Fsp3) is 1.00. The van der Waals surface area contributed by atoms with Crippen LogP contribution < -0.4 is 10.0 Å². The Morgan fingerprint density at radius 2 is 1.76 bits per heavy atom. The summed E-state index contributed by atoms with van der Waals surface area (Å²) in [5.74, 6) is 0.279. The van der Waals surface area contributed by atoms with Crippen LogP contribution in [-0.4, -0.2) is 32.8 Å². The van der Waals surface area contributed by atoms with Gasteiger partial charge in [0.15, 0.2) is 0 Å². The second-order valence-electron chi connectivity index (χ2n) is 5.35. The van der Waals surface area contributed by atoms with E-state index in [1.807, 2.05) is 0 Å². The summed E-state index contributed by atoms with van der Waals surface area (Å²) in [6.07, 6.45) is 8.69. The molecule has 0 aromatic rings. The van der Waals surface area contributed by atoms with Crippen LogP contribution in [0.15, 0.2) is 0 Å². The normalized spacial score (nSPS) is 27.4. The number of sulfonamides is 1. The Balaban J connectivity index is 1.72. The van der Waals surface area contributed by atoms with Crippen LogP contribution in [0.25, 0.3) is 0 Å². The highest BCUT2D eigenvalue weighted by Gasteiger charge is 2.22. The average Bonchev–Trinajstić information content (AvgIpc) is 2.80. The lowest BCUT2D eigenvalue weighted by atomic mass is 10.0. The van der Waals surface area contributed by atoms with E-state index >= 15 is 0 Å². The Hall–Kier alpha value is -0.130. The molecule has 0 amide bonds. The van der Waals surface area contributed by atoms with E-state index in [2.05, 4.69) is 10.0 Å². The van der Waals surface area contributed by atoms with E-state index in [0.29, 0.717) is 6.04 Å². The molecule has 2 aliphatic rings. The molecule has 0 radical (unpaired) electrons. The largest absolute Gasteiger partial charge is 0.314 e. The molecule has 1 atom stereocenters. The lowest BCUT2D eigenvalue weighted by Gasteiger charge is -2.23. The van der Waals surface area contributed by atoms with Gasteiger partial charge in [-0.25, -0.2) is 13.1 Å². The molecular weight excluding hydrogens is 236 g/mol. The van der Waals surface area contributed by atoms with Gasteiger partial charge in [0.05, 0.1) is 5.75 Å². The van der Waals surface area contributed by atoms with Gasteiger partial charge in [-0.05, 0) is 38.6 Å². The van der Waals surface area contributed by atoms with Gasteiger partial charge < -0.3 is 5.32 Å². The van der Waals surface area contributed by atoms with Crippen molar-refractivity contribution in [3.05, 3.63) is 0 Å². The number of piperidine rings is 1. The summed E-state index contributed by atoms with van der Waals surface area (Å²) in [4.78, 5) is 0. The first-order valence-electron chi connectivity index (χ1n) is 6.89. The van der Waals surface area contributed by atoms with Crippen molar-refractivity contribution >= 4 is 10.0 Å². The topological polar surface area (TPSA) is 58.2 Å². The number of hydrogen-bond acceptors (Lipinski definition) is 3. The summed E-state index contributed by atoms with van der Waals surface area (Å²) in [7, 11) is -3.05. The molecule has 2 fully saturated rings. The summed E-state index contributed by atoms with van der Waals surface area (Å²) < 4.78 is 26.6. The predicted octanol–water partition coefficient (Wildman–Crippen LogP) is 1.38. The van der Waals surface area contributed by atoms with Gasteiger partial charge in [-0.15, -0.1) is 0 Å². The van der Waals surface area contributed by atoms with Crippen molar-refractivity contribution in [2.45, 2.75) is 63.5 Å². The molecule has 17 heavy (non-hydrogen) atoms. The van der Waals surface area contributed by atoms with E-state index in [4.69, 9.17) is 0 Å². The minimum absolute atomic E-state index is 0.208. The van der Waals surface area contributed by atoms with Crippen LogP contribution in [0.4, 0.5) is 0 Å². The summed E-state index contributed by atoms with van der Waals surface area (Å²) in [5, 5.41) is 3.39. The number of nitrogens with one attached hydrogen (secondary N) is 2. The molecule has 100 valence electrons. The Morgan fingerprint density at radius 1 is 1.06 bits per heavy atom. The summed E-state index contributed by atoms with van der Waals surface area (Å²) in [6.45, 7) is 1.04. The first kappa shape index (κ1) is 13.3. The number of rotatable bonds is 5. The van der Waals surface area contributed by atoms with E-state index in [-0.39, 0.29) is 11.8 Å². The molecule has 1 saturated heterocycles. The Labute approximate surface area is 105 Å². The van der Waals surface area contributed by atoms with Crippen LogP contribution in [0.3, 0.4) is 0 Å². The smallest absolute Gasteiger partial charge is 0.211 e. The maximum Gasteiger partial charge on any atom is 0.211 e. The van der Waals surface area contributed by atoms with Crippen LogP contribution in [0.5, 0.6) is 0 Å². The van der Waals surface area contributed by atoms with Gasteiger partial charge in [-0.2, -0.15) is 0 Å². The molecule has 0 aromatic carbocycles. The van der Waals surface area contributed by atoms with Gasteiger partial charge >= 0.3 is 0 Å². The Morgan fingerprint density at radius 3 is 2.41 bits per heavy atom. The molecule has 1 aliphatic carbocycles. The lowest BCUT2D eigenvalue weighted by molar-refractivity contribution is 0.392. The zero-order chi connectivity index (χ0) is 12.1. The van der Waals surface area contributed by atoms with E-state index in [1.165, 1.54) is 12.8 Å². The van der Waals surface area contributed by atoms with Crippen molar-refractivity contribution in [3.8, 4) is 0 Å². The first-order chi connectivity index (χ1) is 8.16. The van der Waals surface area contributed by atoms with Gasteiger partial charge in [0.1, 0.15) is 0 Å². The molecule has 1 aliphatic heterocycles. The van der Waals surface area contributed by atoms with E-state index in [0.717, 1.165) is 45.1 Å². The molecule has 2 N–H and O–H groups in total. The molecule has 0 aromatic heterocycles. The molecule has 2 rings (SSSR count). The molecule has 1 unspecified atom stereocenters. The van der Waals surface area contributed by atoms with Crippen LogP contribution in [-0.2, 0) is 10.0 Å². The van der Waals surface area contributed by atoms with Crippen LogP contribution in [0, 0.1) is 0 Å².